The number of aliphatic hydroxyl groups excluding tert-OH is 1. The summed E-state index contributed by atoms with van der Waals surface area (Å²) in [5.41, 5.74) is 0.963. The molecule has 0 amide bonds. The predicted octanol–water partition coefficient (Wildman–Crippen LogP) is 7.88. The van der Waals surface area contributed by atoms with Crippen LogP contribution in [0, 0.1) is 5.92 Å². The maximum atomic E-state index is 13.5. The maximum Gasteiger partial charge on any atom is 0.308 e. The first-order valence-electron chi connectivity index (χ1n) is 15.8. The number of nitrogens with zero attached hydrogens (tertiary/aromatic N) is 1. The van der Waals surface area contributed by atoms with Crippen molar-refractivity contribution in [2.24, 2.45) is 5.92 Å². The molecule has 1 aliphatic heterocycles. The van der Waals surface area contributed by atoms with Gasteiger partial charge in [-0.05, 0) is 76.4 Å². The fraction of sp³-hybridized carbons (Fsp3) is 0.657. The highest BCUT2D eigenvalue weighted by molar-refractivity contribution is 6.74. The van der Waals surface area contributed by atoms with Gasteiger partial charge in [-0.3, -0.25) is 9.78 Å². The molecule has 0 spiro atoms. The summed E-state index contributed by atoms with van der Waals surface area (Å²) < 4.78 is 24.9. The molecule has 0 fully saturated rings. The smallest absolute Gasteiger partial charge is 0.308 e. The summed E-state index contributed by atoms with van der Waals surface area (Å²) in [6.45, 7) is 23.2. The highest BCUT2D eigenvalue weighted by Crippen LogP contribution is 2.39. The number of carbonyl (C=O) groups excluding carboxylic acids is 1. The molecule has 1 aliphatic rings. The van der Waals surface area contributed by atoms with E-state index >= 15 is 0 Å². The van der Waals surface area contributed by atoms with Crippen molar-refractivity contribution in [3.8, 4) is 0 Å². The molecule has 0 aliphatic carbocycles. The van der Waals surface area contributed by atoms with E-state index in [1.807, 2.05) is 71.0 Å². The topological polar surface area (TPSA) is 87.1 Å². The van der Waals surface area contributed by atoms with E-state index in [1.165, 1.54) is 0 Å². The summed E-state index contributed by atoms with van der Waals surface area (Å²) in [7, 11) is -2.20. The minimum absolute atomic E-state index is 0.0265. The number of ether oxygens (including phenoxy) is 3. The fourth-order valence-electron chi connectivity index (χ4n) is 4.96. The standard InChI is InChI=1S/C35H57NO6Si/c1-12-39-28(5)41-35(9)22-21-29(42-43(10,11)34(6,7)8)24-32(38)40-33(27(4)19-20-31(35)37)26(3)17-15-16-25(2)30-18-13-14-23-36-30/h13-20,23,25,27-29,31,33,37H,12,21-22,24H2,1-11H3/b16-15+,20-19?,26-17+/t25-,27+,28?,29-,31+,33-,35-/m1/s1. The molecule has 7 nitrogen and oxygen atoms in total. The van der Waals surface area contributed by atoms with Gasteiger partial charge in [0.25, 0.3) is 0 Å². The van der Waals surface area contributed by atoms with Crippen LogP contribution in [0.3, 0.4) is 0 Å². The Labute approximate surface area is 261 Å². The summed E-state index contributed by atoms with van der Waals surface area (Å²) in [5.74, 6) is -0.343. The number of esters is 1. The van der Waals surface area contributed by atoms with Crippen molar-refractivity contribution >= 4 is 14.3 Å². The van der Waals surface area contributed by atoms with Crippen LogP contribution < -0.4 is 0 Å². The van der Waals surface area contributed by atoms with Gasteiger partial charge in [0.1, 0.15) is 12.2 Å². The molecule has 1 N–H and O–H groups in total. The van der Waals surface area contributed by atoms with E-state index < -0.39 is 32.4 Å². The molecule has 7 atom stereocenters. The third kappa shape index (κ3) is 11.4. The third-order valence-electron chi connectivity index (χ3n) is 8.78. The Bertz CT molecular complexity index is 1100. The number of cyclic esters (lactones) is 1. The molecular formula is C35H57NO6Si. The summed E-state index contributed by atoms with van der Waals surface area (Å²) in [5, 5.41) is 11.4. The van der Waals surface area contributed by atoms with E-state index in [0.29, 0.717) is 19.4 Å². The Hall–Kier alpha value is -2.10. The molecule has 0 aromatic carbocycles. The average Bonchev–Trinajstić information content (AvgIpc) is 2.92. The Kier molecular flexibility index (Phi) is 14.0. The average molecular weight is 616 g/mol. The van der Waals surface area contributed by atoms with Crippen LogP contribution in [-0.2, 0) is 23.4 Å². The SMILES string of the molecule is CCOC(C)O[C@]1(C)CC[C@@H](O[Si](C)(C)C(C)(C)C)CC(=O)O[C@H](/C(C)=C/C=C/[C@@H](C)c2ccccn2)[C@@H](C)C=C[C@@H]1O. The molecule has 0 saturated heterocycles. The molecule has 8 heteroatoms. The van der Waals surface area contributed by atoms with E-state index in [0.717, 1.165) is 11.3 Å². The van der Waals surface area contributed by atoms with Crippen molar-refractivity contribution in [3.05, 3.63) is 66.0 Å². The van der Waals surface area contributed by atoms with Gasteiger partial charge < -0.3 is 23.7 Å². The van der Waals surface area contributed by atoms with Gasteiger partial charge >= 0.3 is 5.97 Å². The highest BCUT2D eigenvalue weighted by atomic mass is 28.4. The van der Waals surface area contributed by atoms with Gasteiger partial charge in [-0.2, -0.15) is 0 Å². The minimum atomic E-state index is -2.20. The normalized spacial score (nSPS) is 28.2. The number of rotatable bonds is 10. The Morgan fingerprint density at radius 2 is 1.95 bits per heavy atom. The largest absolute Gasteiger partial charge is 0.457 e. The van der Waals surface area contributed by atoms with Crippen LogP contribution in [-0.4, -0.2) is 61.2 Å². The lowest BCUT2D eigenvalue weighted by Crippen LogP contribution is -2.47. The predicted molar refractivity (Wildman–Crippen MR) is 176 cm³/mol. The van der Waals surface area contributed by atoms with Gasteiger partial charge in [-0.15, -0.1) is 0 Å². The molecule has 0 radical (unpaired) electrons. The van der Waals surface area contributed by atoms with Gasteiger partial charge in [0.15, 0.2) is 14.6 Å². The molecule has 43 heavy (non-hydrogen) atoms. The van der Waals surface area contributed by atoms with E-state index in [9.17, 15) is 9.90 Å². The van der Waals surface area contributed by atoms with Gasteiger partial charge in [0, 0.05) is 30.3 Å². The Morgan fingerprint density at radius 1 is 1.26 bits per heavy atom. The molecule has 0 saturated carbocycles. The second kappa shape index (κ2) is 16.3. The van der Waals surface area contributed by atoms with Crippen LogP contribution in [0.1, 0.15) is 93.2 Å². The van der Waals surface area contributed by atoms with E-state index in [-0.39, 0.29) is 35.4 Å². The molecule has 242 valence electrons. The summed E-state index contributed by atoms with van der Waals surface area (Å²) in [4.78, 5) is 17.9. The molecule has 1 aromatic rings. The van der Waals surface area contributed by atoms with Gasteiger partial charge in [0.2, 0.25) is 0 Å². The van der Waals surface area contributed by atoms with Crippen LogP contribution >= 0.6 is 0 Å². The summed E-state index contributed by atoms with van der Waals surface area (Å²) in [6, 6.07) is 5.90. The summed E-state index contributed by atoms with van der Waals surface area (Å²) >= 11 is 0. The van der Waals surface area contributed by atoms with Crippen molar-refractivity contribution in [2.75, 3.05) is 6.61 Å². The maximum absolute atomic E-state index is 13.5. The number of allylic oxidation sites excluding steroid dienone is 3. The second-order valence-electron chi connectivity index (χ2n) is 13.6. The van der Waals surface area contributed by atoms with Crippen LogP contribution in [0.5, 0.6) is 0 Å². The molecular weight excluding hydrogens is 558 g/mol. The van der Waals surface area contributed by atoms with Crippen LogP contribution in [0.2, 0.25) is 18.1 Å². The lowest BCUT2D eigenvalue weighted by Gasteiger charge is -2.41. The van der Waals surface area contributed by atoms with Crippen LogP contribution in [0.4, 0.5) is 0 Å². The molecule has 2 rings (SSSR count). The number of aromatic nitrogens is 1. The number of hydrogen-bond donors (Lipinski definition) is 1. The fourth-order valence-corrected chi connectivity index (χ4v) is 6.34. The zero-order chi connectivity index (χ0) is 32.4. The van der Waals surface area contributed by atoms with Crippen molar-refractivity contribution in [1.82, 2.24) is 4.98 Å². The molecule has 1 aromatic heterocycles. The highest BCUT2D eigenvalue weighted by Gasteiger charge is 2.42. The monoisotopic (exact) mass is 615 g/mol. The lowest BCUT2D eigenvalue weighted by atomic mass is 9.88. The summed E-state index contributed by atoms with van der Waals surface area (Å²) in [6.07, 6.45) is 10.4. The van der Waals surface area contributed by atoms with Gasteiger partial charge in [-0.1, -0.05) is 71.1 Å². The third-order valence-corrected chi connectivity index (χ3v) is 13.3. The minimum Gasteiger partial charge on any atom is -0.457 e. The second-order valence-corrected chi connectivity index (χ2v) is 18.4. The van der Waals surface area contributed by atoms with Crippen LogP contribution in [0.25, 0.3) is 0 Å². The molecule has 1 unspecified atom stereocenters. The van der Waals surface area contributed by atoms with E-state index in [2.05, 4.69) is 51.8 Å². The van der Waals surface area contributed by atoms with Crippen LogP contribution in [0.15, 0.2) is 60.3 Å². The zero-order valence-electron chi connectivity index (χ0n) is 28.4. The first-order valence-corrected chi connectivity index (χ1v) is 18.7. The number of carbonyl (C=O) groups is 1. The Balaban J connectivity index is 2.42. The molecule has 2 heterocycles. The van der Waals surface area contributed by atoms with E-state index in [1.54, 1.807) is 12.3 Å². The van der Waals surface area contributed by atoms with Gasteiger partial charge in [0.05, 0.1) is 18.1 Å². The van der Waals surface area contributed by atoms with Crippen molar-refractivity contribution in [3.63, 3.8) is 0 Å². The number of hydrogen-bond acceptors (Lipinski definition) is 7. The number of pyridine rings is 1. The zero-order valence-corrected chi connectivity index (χ0v) is 29.4. The first kappa shape index (κ1) is 37.1. The quantitative estimate of drug-likeness (QED) is 0.0942. The first-order chi connectivity index (χ1) is 20.0. The lowest BCUT2D eigenvalue weighted by molar-refractivity contribution is -0.221. The molecule has 0 bridgehead atoms. The van der Waals surface area contributed by atoms with Crippen molar-refractivity contribution < 1.29 is 28.5 Å². The van der Waals surface area contributed by atoms with Crippen molar-refractivity contribution in [2.45, 2.75) is 136 Å². The van der Waals surface area contributed by atoms with E-state index in [4.69, 9.17) is 18.6 Å². The number of aliphatic hydroxyl groups is 1. The Morgan fingerprint density at radius 3 is 2.56 bits per heavy atom. The van der Waals surface area contributed by atoms with Gasteiger partial charge in [-0.25, -0.2) is 0 Å². The van der Waals surface area contributed by atoms with Crippen molar-refractivity contribution in [1.29, 1.82) is 0 Å².